The van der Waals surface area contributed by atoms with Gasteiger partial charge >= 0.3 is 0 Å². The molecule has 1 heterocycles. The van der Waals surface area contributed by atoms with E-state index in [1.165, 1.54) is 12.8 Å². The lowest BCUT2D eigenvalue weighted by Crippen LogP contribution is -2.43. The molecule has 0 amide bonds. The third-order valence-corrected chi connectivity index (χ3v) is 4.12. The van der Waals surface area contributed by atoms with Crippen molar-refractivity contribution in [3.63, 3.8) is 0 Å². The molecule has 1 aliphatic heterocycles. The van der Waals surface area contributed by atoms with Gasteiger partial charge in [0, 0.05) is 46.8 Å². The summed E-state index contributed by atoms with van der Waals surface area (Å²) in [6, 6.07) is 0.664. The van der Waals surface area contributed by atoms with E-state index in [4.69, 9.17) is 0 Å². The van der Waals surface area contributed by atoms with Gasteiger partial charge < -0.3 is 0 Å². The summed E-state index contributed by atoms with van der Waals surface area (Å²) >= 11 is 3.65. The number of halogens is 1. The van der Waals surface area contributed by atoms with E-state index in [2.05, 4.69) is 27.8 Å². The molecule has 1 aliphatic rings. The number of hydrogen-bond donors (Lipinski definition) is 0. The van der Waals surface area contributed by atoms with Gasteiger partial charge in [0.05, 0.1) is 0 Å². The number of nitrogens with zero attached hydrogens (tertiary/aromatic N) is 1. The summed E-state index contributed by atoms with van der Waals surface area (Å²) in [5.74, 6) is 0.810. The van der Waals surface area contributed by atoms with Crippen LogP contribution in [0.5, 0.6) is 0 Å². The third kappa shape index (κ3) is 4.09. The molecule has 0 spiro atoms. The fraction of sp³-hybridized carbons (Fsp3) is 1.00. The van der Waals surface area contributed by atoms with Crippen molar-refractivity contribution in [3.8, 4) is 0 Å². The van der Waals surface area contributed by atoms with Crippen LogP contribution < -0.4 is 0 Å². The first-order valence-corrected chi connectivity index (χ1v) is 7.42. The molecule has 0 saturated carbocycles. The summed E-state index contributed by atoms with van der Waals surface area (Å²) in [4.78, 5) is 3.07. The fourth-order valence-corrected chi connectivity index (χ4v) is 2.82. The average molecular weight is 268 g/mol. The standard InChI is InChI=1S/C9H18BrNOS/c1-8-3-4-9(10)7-11(8)5-6-13(2)12/h8-9H,3-7H2,1-2H3. The van der Waals surface area contributed by atoms with Crippen molar-refractivity contribution in [1.29, 1.82) is 0 Å². The fourth-order valence-electron chi connectivity index (χ4n) is 1.69. The smallest absolute Gasteiger partial charge is 0.0359 e. The number of rotatable bonds is 3. The molecular weight excluding hydrogens is 250 g/mol. The van der Waals surface area contributed by atoms with Crippen LogP contribution in [0.1, 0.15) is 19.8 Å². The second-order valence-corrected chi connectivity index (χ2v) is 6.65. The van der Waals surface area contributed by atoms with E-state index in [-0.39, 0.29) is 0 Å². The molecule has 0 N–H and O–H groups in total. The molecule has 1 saturated heterocycles. The monoisotopic (exact) mass is 267 g/mol. The summed E-state index contributed by atoms with van der Waals surface area (Å²) in [7, 11) is -0.650. The van der Waals surface area contributed by atoms with Crippen molar-refractivity contribution in [3.05, 3.63) is 0 Å². The molecule has 2 nitrogen and oxygen atoms in total. The first-order valence-electron chi connectivity index (χ1n) is 4.77. The molecular formula is C9H18BrNOS. The third-order valence-electron chi connectivity index (χ3n) is 2.62. The summed E-state index contributed by atoms with van der Waals surface area (Å²) in [5, 5.41) is 0. The van der Waals surface area contributed by atoms with Crippen LogP contribution >= 0.6 is 15.9 Å². The maximum Gasteiger partial charge on any atom is 0.0359 e. The Labute approximate surface area is 91.7 Å². The van der Waals surface area contributed by atoms with E-state index in [1.54, 1.807) is 6.26 Å². The van der Waals surface area contributed by atoms with Gasteiger partial charge in [-0.3, -0.25) is 9.11 Å². The second kappa shape index (κ2) is 5.47. The zero-order valence-electron chi connectivity index (χ0n) is 8.33. The van der Waals surface area contributed by atoms with Gasteiger partial charge in [0.1, 0.15) is 0 Å². The molecule has 3 atom stereocenters. The quantitative estimate of drug-likeness (QED) is 0.725. The zero-order valence-corrected chi connectivity index (χ0v) is 10.7. The predicted octanol–water partition coefficient (Wildman–Crippen LogP) is 1.61. The number of likely N-dealkylation sites (tertiary alicyclic amines) is 1. The van der Waals surface area contributed by atoms with Crippen molar-refractivity contribution in [2.45, 2.75) is 30.6 Å². The highest BCUT2D eigenvalue weighted by atomic mass is 79.9. The Morgan fingerprint density at radius 3 is 2.85 bits per heavy atom. The van der Waals surface area contributed by atoms with Crippen LogP contribution in [0.15, 0.2) is 0 Å². The van der Waals surface area contributed by atoms with Gasteiger partial charge in [-0.05, 0) is 19.8 Å². The van der Waals surface area contributed by atoms with E-state index < -0.39 is 10.8 Å². The van der Waals surface area contributed by atoms with Gasteiger partial charge in [-0.1, -0.05) is 15.9 Å². The molecule has 0 aromatic carbocycles. The molecule has 0 bridgehead atoms. The highest BCUT2D eigenvalue weighted by Crippen LogP contribution is 2.21. The lowest BCUT2D eigenvalue weighted by atomic mass is 10.0. The summed E-state index contributed by atoms with van der Waals surface area (Å²) in [6.07, 6.45) is 4.30. The van der Waals surface area contributed by atoms with Crippen LogP contribution in [-0.2, 0) is 10.8 Å². The van der Waals surface area contributed by atoms with Crippen LogP contribution in [-0.4, -0.2) is 45.1 Å². The van der Waals surface area contributed by atoms with Crippen LogP contribution in [0.25, 0.3) is 0 Å². The van der Waals surface area contributed by atoms with Gasteiger partial charge in [0.15, 0.2) is 0 Å². The van der Waals surface area contributed by atoms with Crippen molar-refractivity contribution in [1.82, 2.24) is 4.90 Å². The van der Waals surface area contributed by atoms with Crippen LogP contribution in [0.2, 0.25) is 0 Å². The average Bonchev–Trinajstić information content (AvgIpc) is 2.06. The van der Waals surface area contributed by atoms with Gasteiger partial charge in [0.25, 0.3) is 0 Å². The van der Waals surface area contributed by atoms with Crippen molar-refractivity contribution < 1.29 is 4.21 Å². The minimum atomic E-state index is -0.650. The highest BCUT2D eigenvalue weighted by Gasteiger charge is 2.23. The summed E-state index contributed by atoms with van der Waals surface area (Å²) < 4.78 is 10.9. The van der Waals surface area contributed by atoms with E-state index in [0.717, 1.165) is 18.8 Å². The summed E-state index contributed by atoms with van der Waals surface area (Å²) in [5.41, 5.74) is 0. The van der Waals surface area contributed by atoms with Crippen molar-refractivity contribution in [2.75, 3.05) is 25.1 Å². The first-order chi connectivity index (χ1) is 6.09. The zero-order chi connectivity index (χ0) is 9.84. The van der Waals surface area contributed by atoms with Gasteiger partial charge in [-0.15, -0.1) is 0 Å². The molecule has 0 aromatic rings. The van der Waals surface area contributed by atoms with E-state index in [1.807, 2.05) is 0 Å². The number of piperidine rings is 1. The van der Waals surface area contributed by atoms with Crippen LogP contribution in [0.3, 0.4) is 0 Å². The van der Waals surface area contributed by atoms with Crippen molar-refractivity contribution in [2.24, 2.45) is 0 Å². The van der Waals surface area contributed by atoms with E-state index in [0.29, 0.717) is 10.9 Å². The Morgan fingerprint density at radius 2 is 2.23 bits per heavy atom. The molecule has 78 valence electrons. The minimum absolute atomic E-state index is 0.633. The second-order valence-electron chi connectivity index (χ2n) is 3.80. The molecule has 3 unspecified atom stereocenters. The maximum absolute atomic E-state index is 10.9. The normalized spacial score (nSPS) is 33.2. The van der Waals surface area contributed by atoms with E-state index in [9.17, 15) is 4.21 Å². The summed E-state index contributed by atoms with van der Waals surface area (Å²) in [6.45, 7) is 4.35. The Kier molecular flexibility index (Phi) is 4.90. The number of hydrogen-bond acceptors (Lipinski definition) is 2. The van der Waals surface area contributed by atoms with Gasteiger partial charge in [0.2, 0.25) is 0 Å². The lowest BCUT2D eigenvalue weighted by molar-refractivity contribution is 0.177. The minimum Gasteiger partial charge on any atom is -0.299 e. The Bertz CT molecular complexity index is 188. The topological polar surface area (TPSA) is 20.3 Å². The molecule has 13 heavy (non-hydrogen) atoms. The Morgan fingerprint density at radius 1 is 1.54 bits per heavy atom. The van der Waals surface area contributed by atoms with Gasteiger partial charge in [-0.2, -0.15) is 0 Å². The van der Waals surface area contributed by atoms with Crippen LogP contribution in [0.4, 0.5) is 0 Å². The molecule has 0 radical (unpaired) electrons. The SMILES string of the molecule is CC1CCC(Br)CN1CCS(C)=O. The molecule has 0 aromatic heterocycles. The molecule has 0 aliphatic carbocycles. The molecule has 1 rings (SSSR count). The Hall–Kier alpha value is 0.590. The van der Waals surface area contributed by atoms with Gasteiger partial charge in [-0.25, -0.2) is 0 Å². The number of alkyl halides is 1. The molecule has 1 fully saturated rings. The van der Waals surface area contributed by atoms with E-state index >= 15 is 0 Å². The lowest BCUT2D eigenvalue weighted by Gasteiger charge is -2.35. The highest BCUT2D eigenvalue weighted by molar-refractivity contribution is 9.09. The van der Waals surface area contributed by atoms with Crippen LogP contribution in [0, 0.1) is 0 Å². The molecule has 4 heteroatoms. The Balaban J connectivity index is 2.33. The van der Waals surface area contributed by atoms with Crippen molar-refractivity contribution >= 4 is 26.7 Å². The predicted molar refractivity (Wildman–Crippen MR) is 61.9 cm³/mol. The largest absolute Gasteiger partial charge is 0.299 e. The first kappa shape index (κ1) is 11.7. The maximum atomic E-state index is 10.9.